The Hall–Kier alpha value is -3.22. The summed E-state index contributed by atoms with van der Waals surface area (Å²) in [5.41, 5.74) is 1.68. The molecule has 1 amide bonds. The first-order valence-corrected chi connectivity index (χ1v) is 8.43. The molecule has 2 N–H and O–H groups in total. The van der Waals surface area contributed by atoms with Crippen LogP contribution in [0.2, 0.25) is 0 Å². The molecule has 7 nitrogen and oxygen atoms in total. The molecule has 0 aliphatic rings. The number of aromatic hydroxyl groups is 1. The van der Waals surface area contributed by atoms with Crippen LogP contribution >= 0.6 is 0 Å². The fourth-order valence-electron chi connectivity index (χ4n) is 2.35. The smallest absolute Gasteiger partial charge is 0.306 e. The van der Waals surface area contributed by atoms with Crippen molar-refractivity contribution in [3.05, 3.63) is 53.6 Å². The molecule has 0 saturated heterocycles. The lowest BCUT2D eigenvalue weighted by Gasteiger charge is -2.08. The van der Waals surface area contributed by atoms with Gasteiger partial charge in [-0.2, -0.15) is 0 Å². The summed E-state index contributed by atoms with van der Waals surface area (Å²) in [6, 6.07) is 12.2. The Labute approximate surface area is 157 Å². The molecule has 0 heterocycles. The second-order valence-electron chi connectivity index (χ2n) is 5.79. The minimum atomic E-state index is -0.482. The van der Waals surface area contributed by atoms with Gasteiger partial charge in [-0.3, -0.25) is 9.59 Å². The molecule has 2 aromatic rings. The number of carbonyl (C=O) groups is 2. The van der Waals surface area contributed by atoms with Gasteiger partial charge in [0.15, 0.2) is 18.1 Å². The topological polar surface area (TPSA) is 94.1 Å². The minimum absolute atomic E-state index is 0.0151. The van der Waals surface area contributed by atoms with Crippen LogP contribution in [0.25, 0.3) is 0 Å². The predicted octanol–water partition coefficient (Wildman–Crippen LogP) is 2.20. The van der Waals surface area contributed by atoms with Crippen LogP contribution in [-0.4, -0.2) is 37.8 Å². The van der Waals surface area contributed by atoms with Gasteiger partial charge in [0.25, 0.3) is 5.91 Å². The van der Waals surface area contributed by atoms with Crippen LogP contribution in [0.5, 0.6) is 17.2 Å². The number of benzene rings is 2. The van der Waals surface area contributed by atoms with Crippen molar-refractivity contribution in [3.63, 3.8) is 0 Å². The fraction of sp³-hybridized carbons (Fsp3) is 0.300. The monoisotopic (exact) mass is 373 g/mol. The van der Waals surface area contributed by atoms with Gasteiger partial charge in [0, 0.05) is 13.0 Å². The number of rotatable bonds is 9. The first-order valence-electron chi connectivity index (χ1n) is 8.43. The number of esters is 1. The summed E-state index contributed by atoms with van der Waals surface area (Å²) in [7, 11) is 3.05. The first-order chi connectivity index (χ1) is 13.0. The zero-order valence-corrected chi connectivity index (χ0v) is 15.4. The van der Waals surface area contributed by atoms with Gasteiger partial charge in [-0.05, 0) is 41.8 Å². The molecule has 0 spiro atoms. The average molecular weight is 373 g/mol. The number of methoxy groups -OCH3 is 2. The molecular weight excluding hydrogens is 350 g/mol. The van der Waals surface area contributed by atoms with E-state index in [9.17, 15) is 14.7 Å². The molecule has 0 aliphatic heterocycles. The third kappa shape index (κ3) is 6.54. The van der Waals surface area contributed by atoms with Crippen molar-refractivity contribution in [2.45, 2.75) is 19.4 Å². The molecule has 0 aliphatic carbocycles. The van der Waals surface area contributed by atoms with E-state index in [1.807, 2.05) is 12.1 Å². The number of phenolic OH excluding ortho intramolecular Hbond substituents is 1. The average Bonchev–Trinajstić information content (AvgIpc) is 2.69. The van der Waals surface area contributed by atoms with E-state index in [0.717, 1.165) is 16.9 Å². The minimum Gasteiger partial charge on any atom is -0.504 e. The highest BCUT2D eigenvalue weighted by Crippen LogP contribution is 2.26. The Morgan fingerprint density at radius 1 is 1.00 bits per heavy atom. The highest BCUT2D eigenvalue weighted by atomic mass is 16.5. The molecular formula is C20H23NO6. The van der Waals surface area contributed by atoms with E-state index in [2.05, 4.69) is 5.32 Å². The lowest BCUT2D eigenvalue weighted by Crippen LogP contribution is -2.28. The summed E-state index contributed by atoms with van der Waals surface area (Å²) in [5.74, 6) is 0.270. The van der Waals surface area contributed by atoms with Crippen molar-refractivity contribution in [1.82, 2.24) is 5.32 Å². The maximum atomic E-state index is 11.8. The van der Waals surface area contributed by atoms with Crippen molar-refractivity contribution >= 4 is 11.9 Å². The zero-order valence-electron chi connectivity index (χ0n) is 15.4. The van der Waals surface area contributed by atoms with E-state index in [1.54, 1.807) is 31.4 Å². The summed E-state index contributed by atoms with van der Waals surface area (Å²) in [6.07, 6.45) is 0.501. The number of nitrogens with one attached hydrogen (secondary N) is 1. The summed E-state index contributed by atoms with van der Waals surface area (Å²) in [5, 5.41) is 12.4. The fourth-order valence-corrected chi connectivity index (χ4v) is 2.35. The first kappa shape index (κ1) is 20.1. The number of aryl methyl sites for hydroxylation is 1. The maximum absolute atomic E-state index is 11.8. The SMILES string of the molecule is COc1ccc(CNC(=O)COC(=O)CCc2ccc(OC)c(O)c2)cc1. The van der Waals surface area contributed by atoms with Crippen molar-refractivity contribution in [2.75, 3.05) is 20.8 Å². The van der Waals surface area contributed by atoms with E-state index in [-0.39, 0.29) is 24.7 Å². The van der Waals surface area contributed by atoms with E-state index in [0.29, 0.717) is 18.7 Å². The molecule has 0 aromatic heterocycles. The Balaban J connectivity index is 1.68. The summed E-state index contributed by atoms with van der Waals surface area (Å²) in [4.78, 5) is 23.5. The van der Waals surface area contributed by atoms with E-state index >= 15 is 0 Å². The molecule has 2 rings (SSSR count). The Kier molecular flexibility index (Phi) is 7.49. The lowest BCUT2D eigenvalue weighted by molar-refractivity contribution is -0.148. The van der Waals surface area contributed by atoms with Gasteiger partial charge in [-0.1, -0.05) is 18.2 Å². The molecule has 0 atom stereocenters. The Morgan fingerprint density at radius 3 is 2.33 bits per heavy atom. The second kappa shape index (κ2) is 10.1. The number of carbonyl (C=O) groups excluding carboxylic acids is 2. The maximum Gasteiger partial charge on any atom is 0.306 e. The van der Waals surface area contributed by atoms with Crippen LogP contribution in [0, 0.1) is 0 Å². The number of hydrogen-bond donors (Lipinski definition) is 2. The molecule has 144 valence electrons. The number of phenols is 1. The van der Waals surface area contributed by atoms with Gasteiger partial charge < -0.3 is 24.6 Å². The molecule has 0 bridgehead atoms. The van der Waals surface area contributed by atoms with Crippen molar-refractivity contribution in [1.29, 1.82) is 0 Å². The van der Waals surface area contributed by atoms with E-state index in [1.165, 1.54) is 13.2 Å². The highest BCUT2D eigenvalue weighted by Gasteiger charge is 2.09. The lowest BCUT2D eigenvalue weighted by atomic mass is 10.1. The number of amides is 1. The normalized spacial score (nSPS) is 10.1. The predicted molar refractivity (Wildman–Crippen MR) is 98.8 cm³/mol. The summed E-state index contributed by atoms with van der Waals surface area (Å²) >= 11 is 0. The molecule has 27 heavy (non-hydrogen) atoms. The molecule has 0 fully saturated rings. The van der Waals surface area contributed by atoms with Crippen LogP contribution in [-0.2, 0) is 27.3 Å². The molecule has 2 aromatic carbocycles. The van der Waals surface area contributed by atoms with Gasteiger partial charge in [0.1, 0.15) is 5.75 Å². The Bertz CT molecular complexity index is 773. The third-order valence-electron chi connectivity index (χ3n) is 3.87. The van der Waals surface area contributed by atoms with Crippen LogP contribution in [0.4, 0.5) is 0 Å². The summed E-state index contributed by atoms with van der Waals surface area (Å²) < 4.78 is 15.0. The van der Waals surface area contributed by atoms with Crippen LogP contribution in [0.1, 0.15) is 17.5 Å². The Morgan fingerprint density at radius 2 is 1.70 bits per heavy atom. The molecule has 7 heteroatoms. The van der Waals surface area contributed by atoms with Gasteiger partial charge in [0.05, 0.1) is 14.2 Å². The van der Waals surface area contributed by atoms with Gasteiger partial charge in [-0.25, -0.2) is 0 Å². The van der Waals surface area contributed by atoms with Crippen molar-refractivity contribution in [3.8, 4) is 17.2 Å². The van der Waals surface area contributed by atoms with Gasteiger partial charge in [0.2, 0.25) is 0 Å². The summed E-state index contributed by atoms with van der Waals surface area (Å²) in [6.45, 7) is 0.00829. The van der Waals surface area contributed by atoms with Gasteiger partial charge in [-0.15, -0.1) is 0 Å². The largest absolute Gasteiger partial charge is 0.504 e. The van der Waals surface area contributed by atoms with Crippen LogP contribution in [0.15, 0.2) is 42.5 Å². The van der Waals surface area contributed by atoms with Crippen molar-refractivity contribution in [2.24, 2.45) is 0 Å². The van der Waals surface area contributed by atoms with E-state index < -0.39 is 5.97 Å². The third-order valence-corrected chi connectivity index (χ3v) is 3.87. The van der Waals surface area contributed by atoms with Gasteiger partial charge >= 0.3 is 5.97 Å². The standard InChI is InChI=1S/C20H23NO6/c1-25-16-7-3-15(4-8-16)12-21-19(23)13-27-20(24)10-6-14-5-9-18(26-2)17(22)11-14/h3-5,7-9,11,22H,6,10,12-13H2,1-2H3,(H,21,23). The molecule has 0 unspecified atom stereocenters. The number of hydrogen-bond acceptors (Lipinski definition) is 6. The van der Waals surface area contributed by atoms with Crippen LogP contribution < -0.4 is 14.8 Å². The van der Waals surface area contributed by atoms with Crippen molar-refractivity contribution < 1.29 is 28.9 Å². The number of ether oxygens (including phenoxy) is 3. The zero-order chi connectivity index (χ0) is 19.6. The molecule has 0 saturated carbocycles. The van der Waals surface area contributed by atoms with Crippen LogP contribution in [0.3, 0.4) is 0 Å². The molecule has 0 radical (unpaired) electrons. The highest BCUT2D eigenvalue weighted by molar-refractivity contribution is 5.80. The quantitative estimate of drug-likeness (QED) is 0.655. The second-order valence-corrected chi connectivity index (χ2v) is 5.79. The van der Waals surface area contributed by atoms with E-state index in [4.69, 9.17) is 14.2 Å².